The lowest BCUT2D eigenvalue weighted by Gasteiger charge is -2.09. The van der Waals surface area contributed by atoms with E-state index in [2.05, 4.69) is 20.6 Å². The molecule has 2 heterocycles. The van der Waals surface area contributed by atoms with Gasteiger partial charge in [-0.2, -0.15) is 13.2 Å². The van der Waals surface area contributed by atoms with E-state index >= 15 is 0 Å². The maximum Gasteiger partial charge on any atom is 0.417 e. The smallest absolute Gasteiger partial charge is 0.417 e. The Hall–Kier alpha value is -3.34. The minimum absolute atomic E-state index is 0.150. The van der Waals surface area contributed by atoms with E-state index < -0.39 is 11.7 Å². The first-order valence-corrected chi connectivity index (χ1v) is 10.9. The number of carbonyl (C=O) groups is 1. The van der Waals surface area contributed by atoms with Crippen LogP contribution in [0.4, 0.5) is 19.0 Å². The number of carbonyl (C=O) groups excluding carboxylic acids is 1. The standard InChI is InChI=1S/C22H23F3N4O3S/c1-31-17-6-4-14(10-18(17)32-2)21-29-16(13-33-21)11-20(30)27-9-3-8-26-19-7-5-15(12-28-19)22(23,24)25/h4-7,10,12-13H,3,8-9,11H2,1-2H3,(H,26,28)(H,27,30). The van der Waals surface area contributed by atoms with E-state index in [1.807, 2.05) is 17.5 Å². The minimum Gasteiger partial charge on any atom is -0.493 e. The Morgan fingerprint density at radius 1 is 1.09 bits per heavy atom. The van der Waals surface area contributed by atoms with Crippen molar-refractivity contribution in [1.82, 2.24) is 15.3 Å². The molecule has 0 saturated heterocycles. The highest BCUT2D eigenvalue weighted by atomic mass is 32.1. The van der Waals surface area contributed by atoms with Gasteiger partial charge in [0.25, 0.3) is 0 Å². The lowest BCUT2D eigenvalue weighted by atomic mass is 10.2. The van der Waals surface area contributed by atoms with E-state index in [4.69, 9.17) is 9.47 Å². The van der Waals surface area contributed by atoms with Gasteiger partial charge in [0.05, 0.1) is 31.9 Å². The summed E-state index contributed by atoms with van der Waals surface area (Å²) in [6.07, 6.45) is -2.89. The summed E-state index contributed by atoms with van der Waals surface area (Å²) in [5.41, 5.74) is 0.735. The van der Waals surface area contributed by atoms with Gasteiger partial charge in [0.2, 0.25) is 5.91 Å². The zero-order chi connectivity index (χ0) is 23.8. The molecule has 0 spiro atoms. The largest absolute Gasteiger partial charge is 0.493 e. The number of methoxy groups -OCH3 is 2. The van der Waals surface area contributed by atoms with Crippen LogP contribution in [0.15, 0.2) is 41.9 Å². The topological polar surface area (TPSA) is 85.4 Å². The van der Waals surface area contributed by atoms with Crippen molar-refractivity contribution in [3.8, 4) is 22.1 Å². The van der Waals surface area contributed by atoms with Crippen LogP contribution in [0.25, 0.3) is 10.6 Å². The van der Waals surface area contributed by atoms with Gasteiger partial charge >= 0.3 is 6.18 Å². The lowest BCUT2D eigenvalue weighted by molar-refractivity contribution is -0.137. The third-order valence-electron chi connectivity index (χ3n) is 4.60. The molecule has 0 radical (unpaired) electrons. The molecule has 7 nitrogen and oxygen atoms in total. The monoisotopic (exact) mass is 480 g/mol. The van der Waals surface area contributed by atoms with Crippen LogP contribution in [0.3, 0.4) is 0 Å². The second-order valence-corrected chi connectivity index (χ2v) is 7.81. The summed E-state index contributed by atoms with van der Waals surface area (Å²) in [4.78, 5) is 20.4. The van der Waals surface area contributed by atoms with E-state index in [0.29, 0.717) is 42.5 Å². The highest BCUT2D eigenvalue weighted by Gasteiger charge is 2.30. The van der Waals surface area contributed by atoms with Crippen molar-refractivity contribution >= 4 is 23.1 Å². The molecule has 3 aromatic rings. The zero-order valence-corrected chi connectivity index (χ0v) is 18.8. The van der Waals surface area contributed by atoms with Crippen LogP contribution in [0.5, 0.6) is 11.5 Å². The Labute approximate surface area is 193 Å². The van der Waals surface area contributed by atoms with E-state index in [9.17, 15) is 18.0 Å². The molecule has 0 aliphatic heterocycles. The summed E-state index contributed by atoms with van der Waals surface area (Å²) in [6.45, 7) is 0.873. The van der Waals surface area contributed by atoms with Gasteiger partial charge in [0.1, 0.15) is 10.8 Å². The van der Waals surface area contributed by atoms with Gasteiger partial charge in [-0.05, 0) is 36.8 Å². The van der Waals surface area contributed by atoms with Crippen LogP contribution in [0.1, 0.15) is 17.7 Å². The molecule has 0 atom stereocenters. The number of aromatic nitrogens is 2. The summed E-state index contributed by atoms with van der Waals surface area (Å²) in [5, 5.41) is 8.34. The molecule has 0 fully saturated rings. The Morgan fingerprint density at radius 3 is 2.55 bits per heavy atom. The molecule has 1 aromatic carbocycles. The molecule has 176 valence electrons. The second kappa shape index (κ2) is 11.0. The second-order valence-electron chi connectivity index (χ2n) is 6.95. The van der Waals surface area contributed by atoms with Gasteiger partial charge in [0.15, 0.2) is 11.5 Å². The first-order valence-electron chi connectivity index (χ1n) is 10.0. The van der Waals surface area contributed by atoms with Gasteiger partial charge in [-0.1, -0.05) is 0 Å². The molecular weight excluding hydrogens is 457 g/mol. The highest BCUT2D eigenvalue weighted by Crippen LogP contribution is 2.33. The number of halogens is 3. The summed E-state index contributed by atoms with van der Waals surface area (Å²) in [6, 6.07) is 7.76. The number of rotatable bonds is 10. The molecule has 0 bridgehead atoms. The van der Waals surface area contributed by atoms with Crippen molar-refractivity contribution < 1.29 is 27.4 Å². The predicted molar refractivity (Wildman–Crippen MR) is 120 cm³/mol. The molecule has 2 aromatic heterocycles. The number of nitrogens with zero attached hydrogens (tertiary/aromatic N) is 2. The molecule has 3 rings (SSSR count). The van der Waals surface area contributed by atoms with Crippen LogP contribution in [0, 0.1) is 0 Å². The van der Waals surface area contributed by atoms with Crippen LogP contribution < -0.4 is 20.1 Å². The number of anilines is 1. The summed E-state index contributed by atoms with van der Waals surface area (Å²) < 4.78 is 48.2. The SMILES string of the molecule is COc1ccc(-c2nc(CC(=O)NCCCNc3ccc(C(F)(F)F)cn3)cs2)cc1OC. The van der Waals surface area contributed by atoms with Crippen molar-refractivity contribution in [2.45, 2.75) is 19.0 Å². The van der Waals surface area contributed by atoms with Gasteiger partial charge < -0.3 is 20.1 Å². The van der Waals surface area contributed by atoms with Crippen molar-refractivity contribution in [2.24, 2.45) is 0 Å². The first-order chi connectivity index (χ1) is 15.8. The van der Waals surface area contributed by atoms with Gasteiger partial charge in [-0.25, -0.2) is 9.97 Å². The summed E-state index contributed by atoms with van der Waals surface area (Å²) in [7, 11) is 3.13. The molecule has 2 N–H and O–H groups in total. The van der Waals surface area contributed by atoms with E-state index in [0.717, 1.165) is 22.8 Å². The average molecular weight is 481 g/mol. The fourth-order valence-corrected chi connectivity index (χ4v) is 3.73. The van der Waals surface area contributed by atoms with E-state index in [1.54, 1.807) is 20.3 Å². The number of benzene rings is 1. The minimum atomic E-state index is -4.41. The van der Waals surface area contributed by atoms with Crippen LogP contribution in [0.2, 0.25) is 0 Å². The number of thiazole rings is 1. The first kappa shape index (κ1) is 24.3. The fourth-order valence-electron chi connectivity index (χ4n) is 2.92. The zero-order valence-electron chi connectivity index (χ0n) is 18.0. The third-order valence-corrected chi connectivity index (χ3v) is 5.54. The summed E-state index contributed by atoms with van der Waals surface area (Å²) in [5.74, 6) is 1.41. The third kappa shape index (κ3) is 6.82. The van der Waals surface area contributed by atoms with E-state index in [1.165, 1.54) is 17.4 Å². The Balaban J connectivity index is 1.41. The van der Waals surface area contributed by atoms with Crippen molar-refractivity contribution in [1.29, 1.82) is 0 Å². The number of hydrogen-bond donors (Lipinski definition) is 2. The molecule has 1 amide bonds. The number of nitrogens with one attached hydrogen (secondary N) is 2. The fraction of sp³-hybridized carbons (Fsp3) is 0.318. The highest BCUT2D eigenvalue weighted by molar-refractivity contribution is 7.13. The normalized spacial score (nSPS) is 11.2. The summed E-state index contributed by atoms with van der Waals surface area (Å²) >= 11 is 1.43. The Bertz CT molecular complexity index is 1070. The van der Waals surface area contributed by atoms with E-state index in [-0.39, 0.29) is 12.3 Å². The maximum absolute atomic E-state index is 12.5. The number of pyridine rings is 1. The Kier molecular flexibility index (Phi) is 8.10. The molecule has 11 heteroatoms. The number of alkyl halides is 3. The molecule has 0 aliphatic rings. The van der Waals surface area contributed by atoms with Gasteiger partial charge in [-0.15, -0.1) is 11.3 Å². The van der Waals surface area contributed by atoms with Crippen LogP contribution in [-0.2, 0) is 17.4 Å². The molecule has 33 heavy (non-hydrogen) atoms. The van der Waals surface area contributed by atoms with Gasteiger partial charge in [-0.3, -0.25) is 4.79 Å². The van der Waals surface area contributed by atoms with Crippen molar-refractivity contribution in [3.05, 3.63) is 53.2 Å². The molecule has 0 aliphatic carbocycles. The average Bonchev–Trinajstić information content (AvgIpc) is 3.26. The number of hydrogen-bond acceptors (Lipinski definition) is 7. The predicted octanol–water partition coefficient (Wildman–Crippen LogP) is 4.40. The van der Waals surface area contributed by atoms with Crippen LogP contribution in [-0.4, -0.2) is 43.2 Å². The van der Waals surface area contributed by atoms with Crippen molar-refractivity contribution in [2.75, 3.05) is 32.6 Å². The molecule has 0 unspecified atom stereocenters. The quantitative estimate of drug-likeness (QED) is 0.419. The van der Waals surface area contributed by atoms with Crippen LogP contribution >= 0.6 is 11.3 Å². The maximum atomic E-state index is 12.5. The molecular formula is C22H23F3N4O3S. The Morgan fingerprint density at radius 2 is 1.88 bits per heavy atom. The van der Waals surface area contributed by atoms with Crippen molar-refractivity contribution in [3.63, 3.8) is 0 Å². The number of ether oxygens (including phenoxy) is 2. The lowest BCUT2D eigenvalue weighted by Crippen LogP contribution is -2.27. The number of amides is 1. The van der Waals surface area contributed by atoms with Gasteiger partial charge in [0, 0.05) is 30.2 Å². The molecule has 0 saturated carbocycles.